The summed E-state index contributed by atoms with van der Waals surface area (Å²) < 4.78 is 10.8. The van der Waals surface area contributed by atoms with Crippen LogP contribution >= 0.6 is 0 Å². The molecule has 0 heterocycles. The fourth-order valence-corrected chi connectivity index (χ4v) is 12.2. The number of carbonyl (C=O) groups excluding carboxylic acids is 5. The molecule has 0 aromatic heterocycles. The number of esters is 2. The predicted octanol–water partition coefficient (Wildman–Crippen LogP) is 9.36. The van der Waals surface area contributed by atoms with E-state index in [-0.39, 0.29) is 77.5 Å². The lowest BCUT2D eigenvalue weighted by Gasteiger charge is -2.56. The van der Waals surface area contributed by atoms with E-state index in [1.54, 1.807) is 0 Å². The number of nitrogens with two attached hydrogens (primary N) is 1. The highest BCUT2D eigenvalue weighted by Crippen LogP contribution is 2.59. The average Bonchev–Trinajstić information content (AvgIpc) is 3.18. The summed E-state index contributed by atoms with van der Waals surface area (Å²) in [6.07, 6.45) is 10.8. The van der Waals surface area contributed by atoms with E-state index in [4.69, 9.17) is 15.2 Å². The third-order valence-corrected chi connectivity index (χ3v) is 15.2. The molecule has 5 unspecified atom stereocenters. The molecule has 6 rings (SSSR count). The lowest BCUT2D eigenvalue weighted by molar-refractivity contribution is -0.156. The molecule has 2 aromatic rings. The lowest BCUT2D eigenvalue weighted by Crippen LogP contribution is -2.58. The number of hydrogen-bond acceptors (Lipinski definition) is 8. The molecule has 5 N–H and O–H groups in total. The average molecular weight is 869 g/mol. The van der Waals surface area contributed by atoms with Gasteiger partial charge in [0.15, 0.2) is 0 Å². The van der Waals surface area contributed by atoms with Crippen LogP contribution in [-0.2, 0) is 57.1 Å². The molecular weight excluding hydrogens is 793 g/mol. The van der Waals surface area contributed by atoms with Gasteiger partial charge in [0.25, 0.3) is 0 Å². The fraction of sp³-hybridized carbons (Fsp3) is 0.673. The Balaban J connectivity index is 1.10. The van der Waals surface area contributed by atoms with E-state index in [0.717, 1.165) is 69.9 Å². The summed E-state index contributed by atoms with van der Waals surface area (Å²) in [4.78, 5) is 65.4. The van der Waals surface area contributed by atoms with Gasteiger partial charge in [-0.2, -0.15) is 0 Å². The Labute approximate surface area is 376 Å². The minimum Gasteiger partial charge on any atom is -0.460 e. The molecule has 0 aliphatic heterocycles. The maximum absolute atomic E-state index is 14.8. The highest BCUT2D eigenvalue weighted by atomic mass is 16.6. The smallest absolute Gasteiger partial charge is 0.306 e. The van der Waals surface area contributed by atoms with Crippen molar-refractivity contribution < 1.29 is 33.4 Å². The quantitative estimate of drug-likeness (QED) is 0.145. The van der Waals surface area contributed by atoms with Crippen molar-refractivity contribution in [1.29, 1.82) is 0 Å². The Morgan fingerprint density at radius 1 is 0.698 bits per heavy atom. The van der Waals surface area contributed by atoms with Crippen molar-refractivity contribution >= 4 is 41.0 Å². The highest BCUT2D eigenvalue weighted by Gasteiger charge is 2.56. The maximum Gasteiger partial charge on any atom is 0.306 e. The van der Waals surface area contributed by atoms with E-state index in [0.29, 0.717) is 24.6 Å². The van der Waals surface area contributed by atoms with Gasteiger partial charge in [0.2, 0.25) is 17.7 Å². The van der Waals surface area contributed by atoms with E-state index in [1.807, 2.05) is 53.7 Å². The summed E-state index contributed by atoms with van der Waals surface area (Å²) >= 11 is 0. The Bertz CT molecular complexity index is 2070. The molecule has 0 bridgehead atoms. The van der Waals surface area contributed by atoms with Crippen molar-refractivity contribution in [2.24, 2.45) is 28.4 Å². The number of aryl methyl sites for hydroxylation is 2. The molecule has 0 spiro atoms. The van der Waals surface area contributed by atoms with E-state index in [9.17, 15) is 24.0 Å². The molecule has 2 aromatic carbocycles. The molecule has 0 saturated heterocycles. The van der Waals surface area contributed by atoms with Gasteiger partial charge in [-0.1, -0.05) is 52.7 Å². The first kappa shape index (κ1) is 48.2. The molecule has 11 heteroatoms. The van der Waals surface area contributed by atoms with Crippen molar-refractivity contribution in [1.82, 2.24) is 5.32 Å². The van der Waals surface area contributed by atoms with Crippen LogP contribution < -0.4 is 21.7 Å². The van der Waals surface area contributed by atoms with Crippen LogP contribution in [0.1, 0.15) is 175 Å². The number of anilines is 2. The predicted molar refractivity (Wildman–Crippen MR) is 248 cm³/mol. The number of benzene rings is 2. The zero-order valence-electron chi connectivity index (χ0n) is 39.9. The van der Waals surface area contributed by atoms with Crippen molar-refractivity contribution in [3.63, 3.8) is 0 Å². The first-order valence-electron chi connectivity index (χ1n) is 23.7. The van der Waals surface area contributed by atoms with Crippen molar-refractivity contribution in [3.8, 4) is 0 Å². The molecule has 2 saturated carbocycles. The molecule has 4 aliphatic carbocycles. The summed E-state index contributed by atoms with van der Waals surface area (Å²) in [7, 11) is 0. The monoisotopic (exact) mass is 869 g/mol. The molecule has 7 atom stereocenters. The highest BCUT2D eigenvalue weighted by molar-refractivity contribution is 5.95. The first-order chi connectivity index (χ1) is 29.3. The zero-order chi connectivity index (χ0) is 46.2. The Morgan fingerprint density at radius 3 is 1.81 bits per heavy atom. The van der Waals surface area contributed by atoms with Crippen molar-refractivity contribution in [2.45, 2.75) is 194 Å². The van der Waals surface area contributed by atoms with Gasteiger partial charge >= 0.3 is 11.9 Å². The number of amides is 3. The van der Waals surface area contributed by atoms with E-state index >= 15 is 0 Å². The number of ether oxygens (including phenoxy) is 2. The minimum absolute atomic E-state index is 0.0711. The minimum atomic E-state index is -0.842. The van der Waals surface area contributed by atoms with Gasteiger partial charge in [-0.25, -0.2) is 0 Å². The Kier molecular flexibility index (Phi) is 14.0. The number of carbonyl (C=O) groups is 5. The standard InChI is InChI=1S/C52H76N4O7/c1-47(2,3)62-43(58)15-11-14-42(57)55-35-20-16-34-19-24-41-51(9,38(34)30-35)28-13-29-52(41,10)46(61)54-32-49(7)26-12-27-50(8)37-31-36(21-17-33(37)18-23-40(49)50)56-45(60)39(53)22-25-44(59)63-48(4,5)6/h16-17,20-21,30-31,39-41H,11-15,18-19,22-29,32,53H2,1-10H3,(H,54,61)(H,55,57)(H,56,60)/t39?,40?,41?,49-,50?,51?,52+/m1/s1. The molecule has 63 heavy (non-hydrogen) atoms. The van der Waals surface area contributed by atoms with Crippen LogP contribution in [0.4, 0.5) is 11.4 Å². The van der Waals surface area contributed by atoms with Crippen LogP contribution in [0.3, 0.4) is 0 Å². The molecule has 2 fully saturated rings. The summed E-state index contributed by atoms with van der Waals surface area (Å²) in [6.45, 7) is 20.8. The van der Waals surface area contributed by atoms with Gasteiger partial charge in [-0.05, 0) is 180 Å². The van der Waals surface area contributed by atoms with Crippen LogP contribution in [0.2, 0.25) is 0 Å². The lowest BCUT2D eigenvalue weighted by atomic mass is 9.49. The largest absolute Gasteiger partial charge is 0.460 e. The van der Waals surface area contributed by atoms with Crippen LogP contribution in [0.5, 0.6) is 0 Å². The van der Waals surface area contributed by atoms with Gasteiger partial charge in [0, 0.05) is 37.2 Å². The van der Waals surface area contributed by atoms with E-state index in [2.05, 4.69) is 67.9 Å². The van der Waals surface area contributed by atoms with Gasteiger partial charge in [0.05, 0.1) is 11.5 Å². The van der Waals surface area contributed by atoms with Crippen molar-refractivity contribution in [2.75, 3.05) is 17.2 Å². The van der Waals surface area contributed by atoms with Gasteiger partial charge in [-0.15, -0.1) is 0 Å². The topological polar surface area (TPSA) is 166 Å². The second-order valence-electron chi connectivity index (χ2n) is 22.4. The number of nitrogens with one attached hydrogen (secondary N) is 3. The molecular formula is C52H76N4O7. The first-order valence-corrected chi connectivity index (χ1v) is 23.7. The van der Waals surface area contributed by atoms with Crippen LogP contribution in [0.25, 0.3) is 0 Å². The van der Waals surface area contributed by atoms with E-state index < -0.39 is 22.7 Å². The normalized spacial score (nSPS) is 28.2. The molecule has 346 valence electrons. The number of rotatable bonds is 13. The van der Waals surface area contributed by atoms with Gasteiger partial charge in [-0.3, -0.25) is 24.0 Å². The van der Waals surface area contributed by atoms with Crippen LogP contribution in [0, 0.1) is 22.7 Å². The Hall–Kier alpha value is -4.25. The summed E-state index contributed by atoms with van der Waals surface area (Å²) in [6, 6.07) is 11.7. The number of fused-ring (bicyclic) bond motifs is 6. The summed E-state index contributed by atoms with van der Waals surface area (Å²) in [5.74, 6) is -0.481. The van der Waals surface area contributed by atoms with Crippen LogP contribution in [-0.4, -0.2) is 53.4 Å². The van der Waals surface area contributed by atoms with Crippen molar-refractivity contribution in [3.05, 3.63) is 58.7 Å². The molecule has 4 aliphatic rings. The van der Waals surface area contributed by atoms with Gasteiger partial charge < -0.3 is 31.2 Å². The third kappa shape index (κ3) is 10.8. The fourth-order valence-electron chi connectivity index (χ4n) is 12.2. The second-order valence-corrected chi connectivity index (χ2v) is 22.4. The zero-order valence-corrected chi connectivity index (χ0v) is 39.9. The molecule has 11 nitrogen and oxygen atoms in total. The van der Waals surface area contributed by atoms with Gasteiger partial charge in [0.1, 0.15) is 11.2 Å². The van der Waals surface area contributed by atoms with Crippen LogP contribution in [0.15, 0.2) is 36.4 Å². The molecule has 0 radical (unpaired) electrons. The Morgan fingerprint density at radius 2 is 1.22 bits per heavy atom. The maximum atomic E-state index is 14.8. The SMILES string of the molecule is CC(C)(C)OC(=O)CCCC(=O)Nc1ccc2c(c1)C1(C)CCC[C@](C)(C(=O)NC[C@@]3(C)CCCC4(C)c5cc(NC(=O)C(N)CCC(=O)OC(C)(C)C)ccc5CCC43)C1CC2. The summed E-state index contributed by atoms with van der Waals surface area (Å²) in [5, 5.41) is 9.69. The third-order valence-electron chi connectivity index (χ3n) is 15.2. The summed E-state index contributed by atoms with van der Waals surface area (Å²) in [5.41, 5.74) is 10.7. The second kappa shape index (κ2) is 18.3. The molecule has 3 amide bonds. The number of hydrogen-bond donors (Lipinski definition) is 4. The van der Waals surface area contributed by atoms with E-state index in [1.165, 1.54) is 22.3 Å².